The quantitative estimate of drug-likeness (QED) is 0.684. The fraction of sp³-hybridized carbons (Fsp3) is 0.391. The van der Waals surface area contributed by atoms with Gasteiger partial charge in [-0.25, -0.2) is 4.98 Å². The molecule has 0 bridgehead atoms. The van der Waals surface area contributed by atoms with Gasteiger partial charge in [0, 0.05) is 24.2 Å². The van der Waals surface area contributed by atoms with Crippen LogP contribution in [0.4, 0.5) is 5.69 Å². The molecule has 2 aromatic heterocycles. The molecule has 2 aliphatic rings. The summed E-state index contributed by atoms with van der Waals surface area (Å²) in [5.41, 5.74) is 10.9. The minimum absolute atomic E-state index is 0.0836. The highest BCUT2D eigenvalue weighted by molar-refractivity contribution is 7.21. The summed E-state index contributed by atoms with van der Waals surface area (Å²) in [6, 6.07) is 12.9. The van der Waals surface area contributed by atoms with Crippen LogP contribution in [0.15, 0.2) is 36.4 Å². The highest BCUT2D eigenvalue weighted by Gasteiger charge is 2.26. The molecule has 5 heteroatoms. The number of amides is 1. The summed E-state index contributed by atoms with van der Waals surface area (Å²) >= 11 is 1.47. The van der Waals surface area contributed by atoms with Gasteiger partial charge in [0.25, 0.3) is 5.91 Å². The fourth-order valence-corrected chi connectivity index (χ4v) is 5.66. The first kappa shape index (κ1) is 17.7. The van der Waals surface area contributed by atoms with Crippen LogP contribution in [0.3, 0.4) is 0 Å². The molecule has 28 heavy (non-hydrogen) atoms. The van der Waals surface area contributed by atoms with Crippen molar-refractivity contribution < 1.29 is 4.79 Å². The first-order valence-corrected chi connectivity index (χ1v) is 11.1. The molecule has 1 aromatic carbocycles. The molecule has 0 saturated carbocycles. The molecule has 1 atom stereocenters. The lowest BCUT2D eigenvalue weighted by molar-refractivity contribution is 0.0730. The Morgan fingerprint density at radius 3 is 2.71 bits per heavy atom. The molecule has 3 heterocycles. The van der Waals surface area contributed by atoms with Crippen LogP contribution in [-0.2, 0) is 12.8 Å². The van der Waals surface area contributed by atoms with Gasteiger partial charge in [-0.2, -0.15) is 0 Å². The molecule has 0 radical (unpaired) electrons. The molecule has 1 amide bonds. The second-order valence-electron chi connectivity index (χ2n) is 8.00. The minimum atomic E-state index is 0.0836. The fourth-order valence-electron chi connectivity index (χ4n) is 4.60. The SMILES string of the molecule is Nc1c(C(=O)N2CCCCC2)sc2nc3c(cc12)CC(c1ccccc1)CC3. The van der Waals surface area contributed by atoms with Crippen LogP contribution in [0, 0.1) is 0 Å². The van der Waals surface area contributed by atoms with E-state index in [1.807, 2.05) is 4.90 Å². The number of likely N-dealkylation sites (tertiary alicyclic amines) is 1. The maximum Gasteiger partial charge on any atom is 0.266 e. The first-order chi connectivity index (χ1) is 13.7. The predicted molar refractivity (Wildman–Crippen MR) is 115 cm³/mol. The van der Waals surface area contributed by atoms with Crippen molar-refractivity contribution in [3.05, 3.63) is 58.1 Å². The summed E-state index contributed by atoms with van der Waals surface area (Å²) < 4.78 is 0. The Morgan fingerprint density at radius 1 is 1.14 bits per heavy atom. The van der Waals surface area contributed by atoms with E-state index >= 15 is 0 Å². The van der Waals surface area contributed by atoms with Crippen molar-refractivity contribution in [2.24, 2.45) is 0 Å². The van der Waals surface area contributed by atoms with E-state index in [0.717, 1.165) is 55.4 Å². The van der Waals surface area contributed by atoms with Crippen molar-refractivity contribution >= 4 is 33.1 Å². The molecule has 0 spiro atoms. The van der Waals surface area contributed by atoms with Gasteiger partial charge < -0.3 is 10.6 Å². The molecular formula is C23H25N3OS. The number of hydrogen-bond donors (Lipinski definition) is 1. The van der Waals surface area contributed by atoms with Crippen molar-refractivity contribution in [1.82, 2.24) is 9.88 Å². The van der Waals surface area contributed by atoms with Gasteiger partial charge in [-0.05, 0) is 61.6 Å². The largest absolute Gasteiger partial charge is 0.397 e. The smallest absolute Gasteiger partial charge is 0.266 e. The van der Waals surface area contributed by atoms with Crippen LogP contribution in [0.2, 0.25) is 0 Å². The molecule has 1 aliphatic carbocycles. The Labute approximate surface area is 169 Å². The lowest BCUT2D eigenvalue weighted by Gasteiger charge is -2.26. The Kier molecular flexibility index (Phi) is 4.55. The maximum atomic E-state index is 13.0. The predicted octanol–water partition coefficient (Wildman–Crippen LogP) is 4.78. The van der Waals surface area contributed by atoms with Gasteiger partial charge in [-0.1, -0.05) is 30.3 Å². The van der Waals surface area contributed by atoms with Crippen molar-refractivity contribution in [2.75, 3.05) is 18.8 Å². The van der Waals surface area contributed by atoms with Crippen LogP contribution in [-0.4, -0.2) is 28.9 Å². The molecule has 5 rings (SSSR count). The molecular weight excluding hydrogens is 366 g/mol. The van der Waals surface area contributed by atoms with Gasteiger partial charge in [0.1, 0.15) is 9.71 Å². The lowest BCUT2D eigenvalue weighted by atomic mass is 9.82. The summed E-state index contributed by atoms with van der Waals surface area (Å²) in [5.74, 6) is 0.614. The van der Waals surface area contributed by atoms with Crippen LogP contribution in [0.1, 0.15) is 58.1 Å². The monoisotopic (exact) mass is 391 g/mol. The molecule has 1 aliphatic heterocycles. The molecule has 3 aromatic rings. The number of thiophene rings is 1. The van der Waals surface area contributed by atoms with Gasteiger partial charge in [-0.15, -0.1) is 11.3 Å². The number of hydrogen-bond acceptors (Lipinski definition) is 4. The third-order valence-corrected chi connectivity index (χ3v) is 7.30. The third-order valence-electron chi connectivity index (χ3n) is 6.19. The van der Waals surface area contributed by atoms with E-state index in [1.165, 1.54) is 34.6 Å². The zero-order valence-electron chi connectivity index (χ0n) is 16.0. The van der Waals surface area contributed by atoms with Crippen LogP contribution in [0.25, 0.3) is 10.2 Å². The number of aryl methyl sites for hydroxylation is 1. The molecule has 1 saturated heterocycles. The van der Waals surface area contributed by atoms with Gasteiger partial charge in [0.15, 0.2) is 0 Å². The van der Waals surface area contributed by atoms with Gasteiger partial charge in [-0.3, -0.25) is 4.79 Å². The third kappa shape index (κ3) is 3.08. The number of carbonyl (C=O) groups excluding carboxylic acids is 1. The number of pyridine rings is 1. The number of aromatic nitrogens is 1. The number of nitrogens with zero attached hydrogens (tertiary/aromatic N) is 2. The van der Waals surface area contributed by atoms with Crippen molar-refractivity contribution in [2.45, 2.75) is 44.4 Å². The number of piperidine rings is 1. The van der Waals surface area contributed by atoms with Crippen LogP contribution in [0.5, 0.6) is 0 Å². The summed E-state index contributed by atoms with van der Waals surface area (Å²) in [6.45, 7) is 1.68. The highest BCUT2D eigenvalue weighted by atomic mass is 32.1. The Hall–Kier alpha value is -2.40. The Morgan fingerprint density at radius 2 is 1.93 bits per heavy atom. The van der Waals surface area contributed by atoms with E-state index in [4.69, 9.17) is 10.7 Å². The molecule has 1 fully saturated rings. The zero-order chi connectivity index (χ0) is 19.1. The molecule has 1 unspecified atom stereocenters. The number of carbonyl (C=O) groups is 1. The van der Waals surface area contributed by atoms with Crippen molar-refractivity contribution in [3.63, 3.8) is 0 Å². The topological polar surface area (TPSA) is 59.2 Å². The minimum Gasteiger partial charge on any atom is -0.397 e. The number of nitrogens with two attached hydrogens (primary N) is 1. The second-order valence-corrected chi connectivity index (χ2v) is 8.99. The average molecular weight is 392 g/mol. The average Bonchev–Trinajstić information content (AvgIpc) is 3.08. The van der Waals surface area contributed by atoms with Crippen LogP contribution >= 0.6 is 11.3 Å². The summed E-state index contributed by atoms with van der Waals surface area (Å²) in [4.78, 5) is 21.4. The maximum absolute atomic E-state index is 13.0. The normalized spacial score (nSPS) is 19.6. The van der Waals surface area contributed by atoms with E-state index < -0.39 is 0 Å². The number of anilines is 1. The van der Waals surface area contributed by atoms with E-state index in [2.05, 4.69) is 36.4 Å². The molecule has 4 nitrogen and oxygen atoms in total. The van der Waals surface area contributed by atoms with E-state index in [-0.39, 0.29) is 5.91 Å². The van der Waals surface area contributed by atoms with Crippen molar-refractivity contribution in [3.8, 4) is 0 Å². The van der Waals surface area contributed by atoms with Gasteiger partial charge in [0.2, 0.25) is 0 Å². The zero-order valence-corrected chi connectivity index (χ0v) is 16.8. The molecule has 2 N–H and O–H groups in total. The van der Waals surface area contributed by atoms with Crippen molar-refractivity contribution in [1.29, 1.82) is 0 Å². The lowest BCUT2D eigenvalue weighted by Crippen LogP contribution is -2.35. The highest BCUT2D eigenvalue weighted by Crippen LogP contribution is 2.39. The van der Waals surface area contributed by atoms with Crippen LogP contribution < -0.4 is 5.73 Å². The van der Waals surface area contributed by atoms with E-state index in [1.54, 1.807) is 0 Å². The van der Waals surface area contributed by atoms with Gasteiger partial charge in [0.05, 0.1) is 5.69 Å². The second kappa shape index (κ2) is 7.21. The standard InChI is InChI=1S/C23H25N3OS/c24-20-18-14-17-13-16(15-7-3-1-4-8-15)9-10-19(17)25-22(18)28-21(20)23(27)26-11-5-2-6-12-26/h1,3-4,7-8,14,16H,2,5-6,9-13,24H2. The number of rotatable bonds is 2. The Bertz CT molecular complexity index is 1020. The summed E-state index contributed by atoms with van der Waals surface area (Å²) in [5, 5.41) is 0.956. The Balaban J connectivity index is 1.48. The summed E-state index contributed by atoms with van der Waals surface area (Å²) in [6.07, 6.45) is 6.48. The van der Waals surface area contributed by atoms with E-state index in [0.29, 0.717) is 16.5 Å². The first-order valence-electron chi connectivity index (χ1n) is 10.3. The number of fused-ring (bicyclic) bond motifs is 2. The summed E-state index contributed by atoms with van der Waals surface area (Å²) in [7, 11) is 0. The number of benzene rings is 1. The molecule has 144 valence electrons. The number of nitrogen functional groups attached to an aromatic ring is 1. The van der Waals surface area contributed by atoms with E-state index in [9.17, 15) is 4.79 Å². The van der Waals surface area contributed by atoms with Gasteiger partial charge >= 0.3 is 0 Å².